The molecule has 0 spiro atoms. The van der Waals surface area contributed by atoms with Crippen LogP contribution in [0.1, 0.15) is 68.7 Å². The molecule has 0 aromatic rings. The minimum absolute atomic E-state index is 0.212. The molecule has 0 bridgehead atoms. The summed E-state index contributed by atoms with van der Waals surface area (Å²) in [5.41, 5.74) is -0.275. The Kier molecular flexibility index (Phi) is 5.03. The van der Waals surface area contributed by atoms with E-state index in [1.165, 1.54) is 0 Å². The van der Waals surface area contributed by atoms with Gasteiger partial charge in [-0.2, -0.15) is 0 Å². The molecule has 0 rings (SSSR count). The summed E-state index contributed by atoms with van der Waals surface area (Å²) in [6.45, 7) is 19.3. The zero-order chi connectivity index (χ0) is 13.2. The summed E-state index contributed by atoms with van der Waals surface area (Å²) in [4.78, 5) is 11.2. The van der Waals surface area contributed by atoms with Gasteiger partial charge in [0.05, 0.1) is 5.60 Å². The average molecular weight is 230 g/mol. The molecular weight excluding hydrogens is 200 g/mol. The van der Waals surface area contributed by atoms with Gasteiger partial charge in [-0.1, -0.05) is 34.6 Å². The Morgan fingerprint density at radius 2 is 1.31 bits per heavy atom. The first kappa shape index (κ1) is 15.9. The van der Waals surface area contributed by atoms with Gasteiger partial charge in [0.1, 0.15) is 5.60 Å². The second kappa shape index (κ2) is 5.05. The quantitative estimate of drug-likeness (QED) is 0.508. The summed E-state index contributed by atoms with van der Waals surface area (Å²) >= 11 is 0. The van der Waals surface area contributed by atoms with Crippen molar-refractivity contribution in [3.05, 3.63) is 0 Å². The fourth-order valence-electron chi connectivity index (χ4n) is 1.39. The topological polar surface area (TPSA) is 18.5 Å². The summed E-state index contributed by atoms with van der Waals surface area (Å²) in [6.07, 6.45) is 0.937. The van der Waals surface area contributed by atoms with Crippen molar-refractivity contribution in [3.8, 4) is 0 Å². The van der Waals surface area contributed by atoms with E-state index in [0.29, 0.717) is 5.92 Å². The first-order valence-corrected chi connectivity index (χ1v) is 6.29. The van der Waals surface area contributed by atoms with Gasteiger partial charge < -0.3 is 0 Å². The van der Waals surface area contributed by atoms with Crippen LogP contribution >= 0.6 is 0 Å². The lowest BCUT2D eigenvalue weighted by molar-refractivity contribution is -0.413. The molecule has 0 radical (unpaired) electrons. The van der Waals surface area contributed by atoms with Crippen LogP contribution < -0.4 is 0 Å². The summed E-state index contributed by atoms with van der Waals surface area (Å²) in [5, 5.41) is 0. The molecule has 0 N–H and O–H groups in total. The lowest BCUT2D eigenvalue weighted by Crippen LogP contribution is -2.42. The molecule has 0 heterocycles. The summed E-state index contributed by atoms with van der Waals surface area (Å²) < 4.78 is 0. The number of rotatable bonds is 5. The molecule has 0 aliphatic rings. The lowest BCUT2D eigenvalue weighted by atomic mass is 9.73. The molecular formula is C14H30O2. The van der Waals surface area contributed by atoms with Gasteiger partial charge in [0, 0.05) is 0 Å². The van der Waals surface area contributed by atoms with Crippen LogP contribution in [0.15, 0.2) is 0 Å². The van der Waals surface area contributed by atoms with Gasteiger partial charge in [-0.25, -0.2) is 9.78 Å². The van der Waals surface area contributed by atoms with Crippen LogP contribution in [-0.4, -0.2) is 11.2 Å². The monoisotopic (exact) mass is 230 g/mol. The van der Waals surface area contributed by atoms with Crippen LogP contribution in [0.25, 0.3) is 0 Å². The molecule has 0 aromatic carbocycles. The maximum atomic E-state index is 5.67. The Morgan fingerprint density at radius 3 is 1.62 bits per heavy atom. The van der Waals surface area contributed by atoms with Crippen LogP contribution in [0.4, 0.5) is 0 Å². The fourth-order valence-corrected chi connectivity index (χ4v) is 1.39. The van der Waals surface area contributed by atoms with E-state index in [4.69, 9.17) is 9.78 Å². The average Bonchev–Trinajstić information content (AvgIpc) is 2.13. The van der Waals surface area contributed by atoms with Gasteiger partial charge in [-0.3, -0.25) is 0 Å². The fraction of sp³-hybridized carbons (Fsp3) is 1.00. The minimum Gasteiger partial charge on any atom is -0.230 e. The van der Waals surface area contributed by atoms with Crippen LogP contribution in [0, 0.1) is 11.3 Å². The normalized spacial score (nSPS) is 16.3. The molecule has 0 aliphatic heterocycles. The molecule has 0 saturated carbocycles. The highest BCUT2D eigenvalue weighted by molar-refractivity contribution is 4.84. The Bertz CT molecular complexity index is 211. The molecule has 1 unspecified atom stereocenters. The first-order chi connectivity index (χ1) is 6.92. The maximum absolute atomic E-state index is 5.67. The minimum atomic E-state index is -0.273. The molecule has 0 aromatic heterocycles. The van der Waals surface area contributed by atoms with Crippen molar-refractivity contribution in [2.75, 3.05) is 0 Å². The molecule has 0 aliphatic carbocycles. The molecule has 98 valence electrons. The van der Waals surface area contributed by atoms with Crippen LogP contribution in [-0.2, 0) is 9.78 Å². The SMILES string of the molecule is CCC(C)(C)OOC(C)(C)C(C)C(C)(C)C. The summed E-state index contributed by atoms with van der Waals surface area (Å²) in [5.74, 6) is 0.410. The molecule has 2 heteroatoms. The lowest BCUT2D eigenvalue weighted by Gasteiger charge is -2.40. The van der Waals surface area contributed by atoms with E-state index in [9.17, 15) is 0 Å². The third kappa shape index (κ3) is 4.84. The van der Waals surface area contributed by atoms with Gasteiger partial charge in [-0.15, -0.1) is 0 Å². The third-order valence-corrected chi connectivity index (χ3v) is 3.68. The van der Waals surface area contributed by atoms with Crippen LogP contribution in [0.3, 0.4) is 0 Å². The van der Waals surface area contributed by atoms with Crippen molar-refractivity contribution >= 4 is 0 Å². The van der Waals surface area contributed by atoms with Gasteiger partial charge >= 0.3 is 0 Å². The Balaban J connectivity index is 4.47. The van der Waals surface area contributed by atoms with Crippen molar-refractivity contribution in [1.82, 2.24) is 0 Å². The molecule has 16 heavy (non-hydrogen) atoms. The zero-order valence-corrected chi connectivity index (χ0v) is 12.6. The van der Waals surface area contributed by atoms with Crippen LogP contribution in [0.2, 0.25) is 0 Å². The Hall–Kier alpha value is -0.0800. The van der Waals surface area contributed by atoms with Crippen molar-refractivity contribution in [3.63, 3.8) is 0 Å². The van der Waals surface area contributed by atoms with Gasteiger partial charge in [0.2, 0.25) is 0 Å². The standard InChI is InChI=1S/C14H30O2/c1-10-13(6,7)15-16-14(8,9)11(2)12(3,4)5/h11H,10H2,1-9H3. The number of hydrogen-bond donors (Lipinski definition) is 0. The van der Waals surface area contributed by atoms with Gasteiger partial charge in [-0.05, 0) is 45.4 Å². The predicted molar refractivity (Wildman–Crippen MR) is 69.2 cm³/mol. The second-order valence-electron chi connectivity index (χ2n) is 6.97. The van der Waals surface area contributed by atoms with Crippen molar-refractivity contribution in [2.45, 2.75) is 79.9 Å². The van der Waals surface area contributed by atoms with E-state index in [1.807, 2.05) is 13.8 Å². The maximum Gasteiger partial charge on any atom is 0.101 e. The summed E-state index contributed by atoms with van der Waals surface area (Å²) in [7, 11) is 0. The van der Waals surface area contributed by atoms with Crippen molar-refractivity contribution < 1.29 is 9.78 Å². The van der Waals surface area contributed by atoms with Gasteiger partial charge in [0.25, 0.3) is 0 Å². The van der Waals surface area contributed by atoms with E-state index < -0.39 is 0 Å². The molecule has 0 saturated heterocycles. The van der Waals surface area contributed by atoms with E-state index in [2.05, 4.69) is 48.5 Å². The predicted octanol–water partition coefficient (Wildman–Crippen LogP) is 4.58. The highest BCUT2D eigenvalue weighted by atomic mass is 17.2. The second-order valence-corrected chi connectivity index (χ2v) is 6.97. The van der Waals surface area contributed by atoms with E-state index >= 15 is 0 Å². The zero-order valence-electron chi connectivity index (χ0n) is 12.6. The highest BCUT2D eigenvalue weighted by Crippen LogP contribution is 2.37. The molecule has 0 amide bonds. The first-order valence-electron chi connectivity index (χ1n) is 6.29. The third-order valence-electron chi connectivity index (χ3n) is 3.68. The van der Waals surface area contributed by atoms with E-state index in [-0.39, 0.29) is 16.6 Å². The van der Waals surface area contributed by atoms with Crippen molar-refractivity contribution in [2.24, 2.45) is 11.3 Å². The summed E-state index contributed by atoms with van der Waals surface area (Å²) in [6, 6.07) is 0. The van der Waals surface area contributed by atoms with Gasteiger partial charge in [0.15, 0.2) is 0 Å². The molecule has 0 fully saturated rings. The smallest absolute Gasteiger partial charge is 0.101 e. The van der Waals surface area contributed by atoms with E-state index in [0.717, 1.165) is 6.42 Å². The largest absolute Gasteiger partial charge is 0.230 e. The Labute approximate surface area is 102 Å². The highest BCUT2D eigenvalue weighted by Gasteiger charge is 2.37. The van der Waals surface area contributed by atoms with Crippen LogP contribution in [0.5, 0.6) is 0 Å². The van der Waals surface area contributed by atoms with E-state index in [1.54, 1.807) is 0 Å². The Morgan fingerprint density at radius 1 is 0.875 bits per heavy atom. The number of hydrogen-bond acceptors (Lipinski definition) is 2. The van der Waals surface area contributed by atoms with Crippen molar-refractivity contribution in [1.29, 1.82) is 0 Å². The molecule has 1 atom stereocenters. The molecule has 2 nitrogen and oxygen atoms in total.